The van der Waals surface area contributed by atoms with Crippen LogP contribution in [0.2, 0.25) is 0 Å². The number of carbonyl (C=O) groups excluding carboxylic acids is 2. The van der Waals surface area contributed by atoms with E-state index in [1.54, 1.807) is 18.2 Å². The summed E-state index contributed by atoms with van der Waals surface area (Å²) in [7, 11) is 1.53. The minimum absolute atomic E-state index is 0.213. The maximum absolute atomic E-state index is 13.5. The minimum Gasteiger partial charge on any atom is -0.383 e. The highest BCUT2D eigenvalue weighted by Gasteiger charge is 2.20. The van der Waals surface area contributed by atoms with Gasteiger partial charge < -0.3 is 20.3 Å². The molecule has 0 unspecified atom stereocenters. The second-order valence-electron chi connectivity index (χ2n) is 8.86. The number of benzene rings is 3. The van der Waals surface area contributed by atoms with Crippen LogP contribution < -0.4 is 10.6 Å². The highest BCUT2D eigenvalue weighted by molar-refractivity contribution is 5.97. The number of nitrogens with one attached hydrogen (secondary N) is 2. The topological polar surface area (TPSA) is 88.5 Å². The van der Waals surface area contributed by atoms with E-state index in [4.69, 9.17) is 4.74 Å². The third kappa shape index (κ3) is 6.63. The molecule has 0 aliphatic carbocycles. The molecule has 0 aliphatic heterocycles. The lowest BCUT2D eigenvalue weighted by atomic mass is 10.1. The van der Waals surface area contributed by atoms with Crippen molar-refractivity contribution in [3.63, 3.8) is 0 Å². The van der Waals surface area contributed by atoms with Gasteiger partial charge in [-0.3, -0.25) is 4.79 Å². The third-order valence-corrected chi connectivity index (χ3v) is 6.06. The van der Waals surface area contributed by atoms with Crippen LogP contribution in [0, 0.1) is 19.7 Å². The van der Waals surface area contributed by atoms with Crippen molar-refractivity contribution in [3.05, 3.63) is 95.8 Å². The first-order valence-corrected chi connectivity index (χ1v) is 12.2. The van der Waals surface area contributed by atoms with E-state index in [0.29, 0.717) is 22.9 Å². The van der Waals surface area contributed by atoms with Crippen molar-refractivity contribution < 1.29 is 18.7 Å². The van der Waals surface area contributed by atoms with Crippen LogP contribution in [0.1, 0.15) is 11.1 Å². The quantitative estimate of drug-likeness (QED) is 0.312. The van der Waals surface area contributed by atoms with E-state index in [-0.39, 0.29) is 25.5 Å². The van der Waals surface area contributed by atoms with Crippen molar-refractivity contribution in [2.75, 3.05) is 37.4 Å². The molecule has 3 amide bonds. The fraction of sp³-hybridized carbons (Fsp3) is 0.207. The maximum Gasteiger partial charge on any atom is 0.322 e. The van der Waals surface area contributed by atoms with Crippen molar-refractivity contribution in [2.45, 2.75) is 13.8 Å². The van der Waals surface area contributed by atoms with Crippen LogP contribution in [0.5, 0.6) is 0 Å². The summed E-state index contributed by atoms with van der Waals surface area (Å²) in [6, 6.07) is 22.3. The number of hydrogen-bond acceptors (Lipinski definition) is 4. The molecule has 8 nitrogen and oxygen atoms in total. The zero-order valence-electron chi connectivity index (χ0n) is 21.6. The molecule has 4 rings (SSSR count). The number of ether oxygens (including phenoxy) is 1. The second kappa shape index (κ2) is 12.2. The van der Waals surface area contributed by atoms with Gasteiger partial charge in [-0.15, -0.1) is 0 Å². The molecule has 0 fully saturated rings. The van der Waals surface area contributed by atoms with Crippen LogP contribution >= 0.6 is 0 Å². The number of amides is 3. The van der Waals surface area contributed by atoms with Crippen molar-refractivity contribution >= 4 is 23.4 Å². The van der Waals surface area contributed by atoms with E-state index >= 15 is 0 Å². The van der Waals surface area contributed by atoms with Gasteiger partial charge in [0, 0.05) is 31.0 Å². The van der Waals surface area contributed by atoms with Crippen LogP contribution in [0.25, 0.3) is 16.9 Å². The summed E-state index contributed by atoms with van der Waals surface area (Å²) in [4.78, 5) is 27.6. The summed E-state index contributed by atoms with van der Waals surface area (Å²) in [5.74, 6) is -0.403. The largest absolute Gasteiger partial charge is 0.383 e. The molecule has 0 saturated heterocycles. The Morgan fingerprint density at radius 3 is 2.37 bits per heavy atom. The zero-order valence-corrected chi connectivity index (χ0v) is 21.6. The smallest absolute Gasteiger partial charge is 0.322 e. The summed E-state index contributed by atoms with van der Waals surface area (Å²) in [6.45, 7) is 4.23. The van der Waals surface area contributed by atoms with Gasteiger partial charge in [0.1, 0.15) is 18.2 Å². The van der Waals surface area contributed by atoms with Gasteiger partial charge in [-0.2, -0.15) is 5.10 Å². The lowest BCUT2D eigenvalue weighted by Crippen LogP contribution is -2.42. The third-order valence-electron chi connectivity index (χ3n) is 6.06. The fourth-order valence-electron chi connectivity index (χ4n) is 3.83. The van der Waals surface area contributed by atoms with E-state index in [1.165, 1.54) is 28.8 Å². The molecule has 196 valence electrons. The molecule has 38 heavy (non-hydrogen) atoms. The van der Waals surface area contributed by atoms with Crippen LogP contribution in [0.15, 0.2) is 78.9 Å². The first-order chi connectivity index (χ1) is 18.3. The van der Waals surface area contributed by atoms with E-state index in [9.17, 15) is 14.0 Å². The average Bonchev–Trinajstić information content (AvgIpc) is 3.33. The van der Waals surface area contributed by atoms with E-state index in [1.807, 2.05) is 62.4 Å². The monoisotopic (exact) mass is 515 g/mol. The summed E-state index contributed by atoms with van der Waals surface area (Å²) in [5, 5.41) is 10.4. The molecule has 0 spiro atoms. The predicted octanol–water partition coefficient (Wildman–Crippen LogP) is 5.41. The first-order valence-electron chi connectivity index (χ1n) is 12.2. The van der Waals surface area contributed by atoms with Gasteiger partial charge in [0.05, 0.1) is 18.0 Å². The van der Waals surface area contributed by atoms with Gasteiger partial charge in [0.2, 0.25) is 5.91 Å². The fourth-order valence-corrected chi connectivity index (χ4v) is 3.83. The number of methoxy groups -OCH3 is 1. The molecular weight excluding hydrogens is 485 g/mol. The summed E-state index contributed by atoms with van der Waals surface area (Å²) < 4.78 is 20.2. The standard InChI is InChI=1S/C29H30FN5O3/c1-20-9-12-24(17-21(20)2)31-29(37)34(15-16-38-3)19-28(36)32-27-18-26(22-7-5-4-6-8-22)33-35(27)25-13-10-23(30)11-14-25/h4-14,17-18H,15-16,19H2,1-3H3,(H,31,37)(H,32,36). The van der Waals surface area contributed by atoms with Gasteiger partial charge in [0.15, 0.2) is 0 Å². The minimum atomic E-state index is -0.419. The average molecular weight is 516 g/mol. The Balaban J connectivity index is 1.55. The van der Waals surface area contributed by atoms with Gasteiger partial charge in [-0.05, 0) is 61.4 Å². The summed E-state index contributed by atoms with van der Waals surface area (Å²) in [6.07, 6.45) is 0. The molecule has 0 radical (unpaired) electrons. The lowest BCUT2D eigenvalue weighted by molar-refractivity contribution is -0.116. The van der Waals surface area contributed by atoms with Gasteiger partial charge in [-0.25, -0.2) is 13.9 Å². The molecule has 4 aromatic rings. The number of hydrogen-bond donors (Lipinski definition) is 2. The number of anilines is 2. The number of halogens is 1. The number of rotatable bonds is 9. The van der Waals surface area contributed by atoms with Crippen LogP contribution in [0.3, 0.4) is 0 Å². The maximum atomic E-state index is 13.5. The first kappa shape index (κ1) is 26.6. The van der Waals surface area contributed by atoms with Crippen molar-refractivity contribution in [1.29, 1.82) is 0 Å². The SMILES string of the molecule is COCCN(CC(=O)Nc1cc(-c2ccccc2)nn1-c1ccc(F)cc1)C(=O)Nc1ccc(C)c(C)c1. The van der Waals surface area contributed by atoms with Crippen molar-refractivity contribution in [2.24, 2.45) is 0 Å². The molecule has 1 aromatic heterocycles. The molecule has 0 saturated carbocycles. The Kier molecular flexibility index (Phi) is 8.50. The highest BCUT2D eigenvalue weighted by Crippen LogP contribution is 2.25. The highest BCUT2D eigenvalue weighted by atomic mass is 19.1. The number of carbonyl (C=O) groups is 2. The van der Waals surface area contributed by atoms with E-state index in [0.717, 1.165) is 16.7 Å². The van der Waals surface area contributed by atoms with Gasteiger partial charge in [0.25, 0.3) is 0 Å². The molecule has 0 atom stereocenters. The number of nitrogens with zero attached hydrogens (tertiary/aromatic N) is 3. The molecule has 2 N–H and O–H groups in total. The van der Waals surface area contributed by atoms with Crippen LogP contribution in [-0.2, 0) is 9.53 Å². The molecule has 9 heteroatoms. The van der Waals surface area contributed by atoms with Gasteiger partial charge in [-0.1, -0.05) is 36.4 Å². The Morgan fingerprint density at radius 1 is 0.947 bits per heavy atom. The summed E-state index contributed by atoms with van der Waals surface area (Å²) >= 11 is 0. The zero-order chi connectivity index (χ0) is 27.1. The number of urea groups is 1. The normalized spacial score (nSPS) is 10.7. The molecule has 3 aromatic carbocycles. The Morgan fingerprint density at radius 2 is 1.68 bits per heavy atom. The van der Waals surface area contributed by atoms with Crippen molar-refractivity contribution in [1.82, 2.24) is 14.7 Å². The van der Waals surface area contributed by atoms with E-state index in [2.05, 4.69) is 15.7 Å². The number of aryl methyl sites for hydroxylation is 2. The van der Waals surface area contributed by atoms with Crippen LogP contribution in [-0.4, -0.2) is 53.4 Å². The Bertz CT molecular complexity index is 1400. The Hall–Kier alpha value is -4.50. The van der Waals surface area contributed by atoms with Crippen LogP contribution in [0.4, 0.5) is 20.7 Å². The van der Waals surface area contributed by atoms with Crippen molar-refractivity contribution in [3.8, 4) is 16.9 Å². The molecule has 0 bridgehead atoms. The Labute approximate surface area is 221 Å². The number of aromatic nitrogens is 2. The predicted molar refractivity (Wildman–Crippen MR) is 146 cm³/mol. The molecule has 1 heterocycles. The summed E-state index contributed by atoms with van der Waals surface area (Å²) in [5.41, 5.74) is 4.88. The lowest BCUT2D eigenvalue weighted by Gasteiger charge is -2.22. The molecule has 0 aliphatic rings. The van der Waals surface area contributed by atoms with Gasteiger partial charge >= 0.3 is 6.03 Å². The molecular formula is C29H30FN5O3. The second-order valence-corrected chi connectivity index (χ2v) is 8.86. The van der Waals surface area contributed by atoms with E-state index < -0.39 is 11.9 Å².